The number of aryl methyl sites for hydroxylation is 1. The van der Waals surface area contributed by atoms with E-state index in [0.29, 0.717) is 29.5 Å². The Labute approximate surface area is 192 Å². The molecule has 4 atom stereocenters. The van der Waals surface area contributed by atoms with Gasteiger partial charge in [-0.05, 0) is 60.7 Å². The fourth-order valence-corrected chi connectivity index (χ4v) is 5.76. The Bertz CT molecular complexity index is 1210. The van der Waals surface area contributed by atoms with Crippen molar-refractivity contribution in [1.29, 1.82) is 0 Å². The van der Waals surface area contributed by atoms with E-state index in [1.807, 2.05) is 25.1 Å². The molecule has 0 aromatic carbocycles. The summed E-state index contributed by atoms with van der Waals surface area (Å²) in [6, 6.07) is 6.42. The molecular weight excluding hydrogens is 416 g/mol. The van der Waals surface area contributed by atoms with Crippen LogP contribution in [0.1, 0.15) is 18.4 Å². The second kappa shape index (κ2) is 8.04. The van der Waals surface area contributed by atoms with E-state index >= 15 is 0 Å². The summed E-state index contributed by atoms with van der Waals surface area (Å²) in [6.45, 7) is 5.70. The SMILES string of the molecule is Cc1ccncc1-c1cc2cc(NC(=O)C3[C@H]4CC(N5CCOCC5)C[C@@H]34)ncc2c(N)n1. The summed E-state index contributed by atoms with van der Waals surface area (Å²) in [4.78, 5) is 28.7. The second-order valence-corrected chi connectivity index (χ2v) is 9.49. The molecule has 33 heavy (non-hydrogen) atoms. The number of nitrogens with two attached hydrogens (primary N) is 1. The van der Waals surface area contributed by atoms with Gasteiger partial charge in [0.15, 0.2) is 0 Å². The number of nitrogens with zero attached hydrogens (tertiary/aromatic N) is 4. The zero-order valence-electron chi connectivity index (χ0n) is 18.7. The van der Waals surface area contributed by atoms with Crippen molar-refractivity contribution in [3.63, 3.8) is 0 Å². The predicted octanol–water partition coefficient (Wildman–Crippen LogP) is 2.88. The first-order valence-corrected chi connectivity index (χ1v) is 11.7. The number of amides is 1. The number of ether oxygens (including phenoxy) is 1. The molecule has 0 bridgehead atoms. The number of morpholine rings is 1. The van der Waals surface area contributed by atoms with Gasteiger partial charge in [0.2, 0.25) is 5.91 Å². The lowest BCUT2D eigenvalue weighted by Crippen LogP contribution is -2.43. The summed E-state index contributed by atoms with van der Waals surface area (Å²) in [5.41, 5.74) is 9.00. The Hall–Kier alpha value is -3.10. The van der Waals surface area contributed by atoms with Crippen LogP contribution < -0.4 is 11.1 Å². The number of nitrogens with one attached hydrogen (secondary N) is 1. The van der Waals surface area contributed by atoms with Gasteiger partial charge in [-0.1, -0.05) is 0 Å². The van der Waals surface area contributed by atoms with E-state index in [4.69, 9.17) is 10.5 Å². The molecule has 3 aliphatic rings. The van der Waals surface area contributed by atoms with Crippen LogP contribution in [0.3, 0.4) is 0 Å². The minimum absolute atomic E-state index is 0.0858. The average molecular weight is 445 g/mol. The molecule has 2 aliphatic carbocycles. The van der Waals surface area contributed by atoms with Gasteiger partial charge in [0.25, 0.3) is 0 Å². The van der Waals surface area contributed by atoms with Crippen molar-refractivity contribution in [2.45, 2.75) is 25.8 Å². The topological polar surface area (TPSA) is 106 Å². The minimum atomic E-state index is 0.0858. The first kappa shape index (κ1) is 20.5. The van der Waals surface area contributed by atoms with Gasteiger partial charge in [0.05, 0.1) is 18.9 Å². The normalized spacial score (nSPS) is 26.8. The third-order valence-corrected chi connectivity index (χ3v) is 7.60. The molecular formula is C25H28N6O2. The Kier molecular flexibility index (Phi) is 4.99. The molecule has 170 valence electrons. The number of carbonyl (C=O) groups is 1. The van der Waals surface area contributed by atoms with Crippen molar-refractivity contribution in [2.24, 2.45) is 17.8 Å². The van der Waals surface area contributed by atoms with E-state index in [2.05, 4.69) is 25.2 Å². The van der Waals surface area contributed by atoms with E-state index in [9.17, 15) is 4.79 Å². The van der Waals surface area contributed by atoms with Gasteiger partial charge in [-0.15, -0.1) is 0 Å². The molecule has 3 aromatic heterocycles. The molecule has 6 rings (SSSR count). The Morgan fingerprint density at radius 2 is 1.97 bits per heavy atom. The zero-order chi connectivity index (χ0) is 22.5. The lowest BCUT2D eigenvalue weighted by Gasteiger charge is -2.33. The molecule has 3 fully saturated rings. The lowest BCUT2D eigenvalue weighted by atomic mass is 10.0. The molecule has 1 saturated heterocycles. The molecule has 3 N–H and O–H groups in total. The number of rotatable bonds is 4. The number of aromatic nitrogens is 3. The van der Waals surface area contributed by atoms with Crippen molar-refractivity contribution in [2.75, 3.05) is 37.4 Å². The van der Waals surface area contributed by atoms with Crippen LogP contribution >= 0.6 is 0 Å². The molecule has 1 amide bonds. The van der Waals surface area contributed by atoms with Crippen LogP contribution in [0.5, 0.6) is 0 Å². The molecule has 1 aliphatic heterocycles. The Balaban J connectivity index is 1.17. The molecule has 2 unspecified atom stereocenters. The van der Waals surface area contributed by atoms with Gasteiger partial charge in [-0.25, -0.2) is 9.97 Å². The molecule has 8 heteroatoms. The van der Waals surface area contributed by atoms with Crippen molar-refractivity contribution >= 4 is 28.3 Å². The third-order valence-electron chi connectivity index (χ3n) is 7.60. The van der Waals surface area contributed by atoms with Gasteiger partial charge >= 0.3 is 0 Å². The highest BCUT2D eigenvalue weighted by atomic mass is 16.5. The number of carbonyl (C=O) groups excluding carboxylic acids is 1. The summed E-state index contributed by atoms with van der Waals surface area (Å²) in [5, 5.41) is 4.72. The second-order valence-electron chi connectivity index (χ2n) is 9.49. The van der Waals surface area contributed by atoms with Crippen LogP contribution in [-0.4, -0.2) is 58.1 Å². The summed E-state index contributed by atoms with van der Waals surface area (Å²) < 4.78 is 5.47. The van der Waals surface area contributed by atoms with E-state index in [1.54, 1.807) is 18.6 Å². The van der Waals surface area contributed by atoms with Gasteiger partial charge in [-0.2, -0.15) is 0 Å². The Morgan fingerprint density at radius 3 is 2.73 bits per heavy atom. The number of fused-ring (bicyclic) bond motifs is 2. The quantitative estimate of drug-likeness (QED) is 0.637. The average Bonchev–Trinajstić information content (AvgIpc) is 3.33. The number of hydrogen-bond donors (Lipinski definition) is 2. The Morgan fingerprint density at radius 1 is 1.18 bits per heavy atom. The van der Waals surface area contributed by atoms with E-state index < -0.39 is 0 Å². The largest absolute Gasteiger partial charge is 0.383 e. The zero-order valence-corrected chi connectivity index (χ0v) is 18.7. The maximum Gasteiger partial charge on any atom is 0.229 e. The molecule has 4 heterocycles. The molecule has 0 radical (unpaired) electrons. The molecule has 3 aromatic rings. The van der Waals surface area contributed by atoms with E-state index in [-0.39, 0.29) is 11.8 Å². The van der Waals surface area contributed by atoms with Crippen molar-refractivity contribution < 1.29 is 9.53 Å². The van der Waals surface area contributed by atoms with Crippen molar-refractivity contribution in [3.8, 4) is 11.3 Å². The minimum Gasteiger partial charge on any atom is -0.383 e. The molecule has 0 spiro atoms. The molecule has 2 saturated carbocycles. The highest BCUT2D eigenvalue weighted by molar-refractivity contribution is 5.98. The van der Waals surface area contributed by atoms with Crippen LogP contribution in [0, 0.1) is 24.7 Å². The van der Waals surface area contributed by atoms with Crippen LogP contribution in [0.25, 0.3) is 22.0 Å². The molecule has 8 nitrogen and oxygen atoms in total. The highest BCUT2D eigenvalue weighted by Crippen LogP contribution is 2.58. The fraction of sp³-hybridized carbons (Fsp3) is 0.440. The highest BCUT2D eigenvalue weighted by Gasteiger charge is 2.60. The van der Waals surface area contributed by atoms with Gasteiger partial charge < -0.3 is 15.8 Å². The summed E-state index contributed by atoms with van der Waals surface area (Å²) in [7, 11) is 0. The monoisotopic (exact) mass is 444 g/mol. The van der Waals surface area contributed by atoms with Crippen LogP contribution in [0.4, 0.5) is 11.6 Å². The van der Waals surface area contributed by atoms with Gasteiger partial charge in [0.1, 0.15) is 11.6 Å². The first-order chi connectivity index (χ1) is 16.1. The summed E-state index contributed by atoms with van der Waals surface area (Å²) >= 11 is 0. The maximum atomic E-state index is 13.0. The number of anilines is 2. The van der Waals surface area contributed by atoms with E-state index in [1.165, 1.54) is 0 Å². The van der Waals surface area contributed by atoms with Crippen molar-refractivity contribution in [3.05, 3.63) is 42.4 Å². The van der Waals surface area contributed by atoms with E-state index in [0.717, 1.165) is 66.7 Å². The van der Waals surface area contributed by atoms with Crippen LogP contribution in [0.15, 0.2) is 36.8 Å². The van der Waals surface area contributed by atoms with Gasteiger partial charge in [0, 0.05) is 54.6 Å². The maximum absolute atomic E-state index is 13.0. The van der Waals surface area contributed by atoms with Gasteiger partial charge in [-0.3, -0.25) is 14.7 Å². The smallest absolute Gasteiger partial charge is 0.229 e. The lowest BCUT2D eigenvalue weighted by molar-refractivity contribution is -0.118. The first-order valence-electron chi connectivity index (χ1n) is 11.7. The third kappa shape index (κ3) is 3.73. The fourth-order valence-electron chi connectivity index (χ4n) is 5.76. The number of pyridine rings is 3. The standard InChI is InChI=1S/C25H28N6O2/c1-14-2-3-27-12-19(14)21-8-15-9-22(28-13-20(15)24(26)29-21)30-25(32)23-17-10-16(11-18(17)23)31-4-6-33-7-5-31/h2-3,8-9,12-13,16-18,23H,4-7,10-11H2,1H3,(H2,26,29)(H,28,30,32)/t16?,17-,18+,23?. The number of nitrogen functional groups attached to an aromatic ring is 1. The summed E-state index contributed by atoms with van der Waals surface area (Å²) in [6.07, 6.45) is 7.48. The van der Waals surface area contributed by atoms with Crippen LogP contribution in [0.2, 0.25) is 0 Å². The summed E-state index contributed by atoms with van der Waals surface area (Å²) in [5.74, 6) is 2.17. The van der Waals surface area contributed by atoms with Crippen LogP contribution in [-0.2, 0) is 9.53 Å². The van der Waals surface area contributed by atoms with Crippen molar-refractivity contribution in [1.82, 2.24) is 19.9 Å². The number of hydrogen-bond acceptors (Lipinski definition) is 7. The predicted molar refractivity (Wildman–Crippen MR) is 126 cm³/mol.